The van der Waals surface area contributed by atoms with Crippen LogP contribution in [0.25, 0.3) is 0 Å². The van der Waals surface area contributed by atoms with E-state index in [1.807, 2.05) is 6.92 Å². The molecule has 0 aromatic heterocycles. The molecule has 0 aliphatic carbocycles. The zero-order valence-electron chi connectivity index (χ0n) is 12.9. The van der Waals surface area contributed by atoms with Crippen LogP contribution in [0.5, 0.6) is 0 Å². The van der Waals surface area contributed by atoms with Crippen molar-refractivity contribution in [3.8, 4) is 0 Å². The number of thioether (sulfide) groups is 1. The summed E-state index contributed by atoms with van der Waals surface area (Å²) in [5.41, 5.74) is -0.593. The van der Waals surface area contributed by atoms with Gasteiger partial charge in [-0.1, -0.05) is 25.1 Å². The summed E-state index contributed by atoms with van der Waals surface area (Å²) in [6.45, 7) is 9.10. The fourth-order valence-electron chi connectivity index (χ4n) is 1.47. The predicted octanol–water partition coefficient (Wildman–Crippen LogP) is 2.14. The Morgan fingerprint density at radius 1 is 1.25 bits per heavy atom. The summed E-state index contributed by atoms with van der Waals surface area (Å²) in [6.07, 6.45) is 1.22. The quantitative estimate of drug-likeness (QED) is 0.443. The fraction of sp³-hybridized carbons (Fsp3) is 0.786. The maximum absolute atomic E-state index is 12.1. The minimum absolute atomic E-state index is 0.129. The minimum atomic E-state index is -0.721. The highest BCUT2D eigenvalue weighted by Gasteiger charge is 2.30. The Kier molecular flexibility index (Phi) is 8.53. The van der Waals surface area contributed by atoms with E-state index in [0.29, 0.717) is 18.7 Å². The van der Waals surface area contributed by atoms with Crippen LogP contribution in [0.15, 0.2) is 0 Å². The second-order valence-electron chi connectivity index (χ2n) is 5.53. The molecular weight excluding hydrogens is 278 g/mol. The van der Waals surface area contributed by atoms with E-state index in [9.17, 15) is 14.4 Å². The first kappa shape index (κ1) is 19.0. The average Bonchev–Trinajstić information content (AvgIpc) is 2.28. The molecule has 1 unspecified atom stereocenters. The van der Waals surface area contributed by atoms with Gasteiger partial charge in [0.25, 0.3) is 0 Å². The van der Waals surface area contributed by atoms with Gasteiger partial charge in [0.2, 0.25) is 11.0 Å². The van der Waals surface area contributed by atoms with E-state index >= 15 is 0 Å². The molecule has 5 nitrogen and oxygen atoms in total. The molecule has 0 aromatic rings. The molecule has 20 heavy (non-hydrogen) atoms. The first-order valence-electron chi connectivity index (χ1n) is 6.81. The Balaban J connectivity index is 4.39. The van der Waals surface area contributed by atoms with Gasteiger partial charge in [-0.05, 0) is 27.2 Å². The van der Waals surface area contributed by atoms with Crippen LogP contribution in [-0.4, -0.2) is 34.9 Å². The molecule has 0 aromatic carbocycles. The SMILES string of the molecule is CCCC(C(=O)OC(C)(C)C)C(=O)SCCNC(C)=O. The van der Waals surface area contributed by atoms with Crippen LogP contribution in [-0.2, 0) is 19.1 Å². The lowest BCUT2D eigenvalue weighted by Crippen LogP contribution is -2.32. The third-order valence-electron chi connectivity index (χ3n) is 2.27. The van der Waals surface area contributed by atoms with E-state index in [0.717, 1.165) is 18.2 Å². The van der Waals surface area contributed by atoms with Crippen molar-refractivity contribution in [2.24, 2.45) is 5.92 Å². The number of hydrogen-bond acceptors (Lipinski definition) is 5. The Bertz CT molecular complexity index is 350. The molecule has 1 amide bonds. The zero-order chi connectivity index (χ0) is 15.8. The van der Waals surface area contributed by atoms with Gasteiger partial charge in [0.05, 0.1) is 0 Å². The standard InChI is InChI=1S/C14H25NO4S/c1-6-7-11(12(17)19-14(3,4)5)13(18)20-9-8-15-10(2)16/h11H,6-9H2,1-5H3,(H,15,16). The molecule has 0 spiro atoms. The van der Waals surface area contributed by atoms with E-state index in [4.69, 9.17) is 4.74 Å². The number of nitrogens with one attached hydrogen (secondary N) is 1. The van der Waals surface area contributed by atoms with Crippen LogP contribution >= 0.6 is 11.8 Å². The first-order valence-corrected chi connectivity index (χ1v) is 7.80. The Morgan fingerprint density at radius 3 is 2.30 bits per heavy atom. The number of hydrogen-bond donors (Lipinski definition) is 1. The highest BCUT2D eigenvalue weighted by Crippen LogP contribution is 2.20. The second kappa shape index (κ2) is 9.00. The van der Waals surface area contributed by atoms with Gasteiger partial charge in [-0.15, -0.1) is 0 Å². The Labute approximate surface area is 125 Å². The summed E-state index contributed by atoms with van der Waals surface area (Å²) in [5, 5.41) is 2.42. The summed E-state index contributed by atoms with van der Waals surface area (Å²) in [6, 6.07) is 0. The van der Waals surface area contributed by atoms with Gasteiger partial charge >= 0.3 is 5.97 Å². The predicted molar refractivity (Wildman–Crippen MR) is 80.4 cm³/mol. The zero-order valence-corrected chi connectivity index (χ0v) is 13.8. The molecule has 0 saturated carbocycles. The summed E-state index contributed by atoms with van der Waals surface area (Å²) in [4.78, 5) is 34.8. The van der Waals surface area contributed by atoms with Gasteiger partial charge in [0, 0.05) is 19.2 Å². The van der Waals surface area contributed by atoms with E-state index in [1.165, 1.54) is 6.92 Å². The maximum atomic E-state index is 12.1. The number of ether oxygens (including phenoxy) is 1. The van der Waals surface area contributed by atoms with Crippen molar-refractivity contribution in [2.75, 3.05) is 12.3 Å². The van der Waals surface area contributed by atoms with Gasteiger partial charge in [0.15, 0.2) is 0 Å². The fourth-order valence-corrected chi connectivity index (χ4v) is 2.29. The molecule has 0 aliphatic rings. The highest BCUT2D eigenvalue weighted by atomic mass is 32.2. The average molecular weight is 303 g/mol. The highest BCUT2D eigenvalue weighted by molar-refractivity contribution is 8.13. The van der Waals surface area contributed by atoms with Gasteiger partial charge < -0.3 is 10.1 Å². The minimum Gasteiger partial charge on any atom is -0.459 e. The van der Waals surface area contributed by atoms with Crippen molar-refractivity contribution < 1.29 is 19.1 Å². The van der Waals surface area contributed by atoms with Crippen LogP contribution in [0, 0.1) is 5.92 Å². The van der Waals surface area contributed by atoms with Crippen molar-refractivity contribution in [2.45, 2.75) is 53.1 Å². The smallest absolute Gasteiger partial charge is 0.317 e. The third kappa shape index (κ3) is 8.96. The van der Waals surface area contributed by atoms with Gasteiger partial charge in [-0.25, -0.2) is 0 Å². The molecule has 0 bridgehead atoms. The summed E-state index contributed by atoms with van der Waals surface area (Å²) in [5.74, 6) is -0.852. The molecule has 0 fully saturated rings. The van der Waals surface area contributed by atoms with Crippen LogP contribution in [0.4, 0.5) is 0 Å². The van der Waals surface area contributed by atoms with Crippen molar-refractivity contribution in [1.29, 1.82) is 0 Å². The Morgan fingerprint density at radius 2 is 1.85 bits per heavy atom. The second-order valence-corrected chi connectivity index (χ2v) is 6.62. The van der Waals surface area contributed by atoms with Crippen molar-refractivity contribution >= 4 is 28.8 Å². The maximum Gasteiger partial charge on any atom is 0.317 e. The van der Waals surface area contributed by atoms with Crippen LogP contribution in [0.2, 0.25) is 0 Å². The van der Waals surface area contributed by atoms with E-state index in [-0.39, 0.29) is 11.0 Å². The third-order valence-corrected chi connectivity index (χ3v) is 3.25. The van der Waals surface area contributed by atoms with E-state index < -0.39 is 17.5 Å². The largest absolute Gasteiger partial charge is 0.459 e. The first-order chi connectivity index (χ1) is 9.17. The van der Waals surface area contributed by atoms with Gasteiger partial charge in [0.1, 0.15) is 11.5 Å². The monoisotopic (exact) mass is 303 g/mol. The number of carbonyl (C=O) groups excluding carboxylic acids is 3. The molecular formula is C14H25NO4S. The topological polar surface area (TPSA) is 72.5 Å². The molecule has 116 valence electrons. The van der Waals surface area contributed by atoms with Crippen LogP contribution in [0.3, 0.4) is 0 Å². The lowest BCUT2D eigenvalue weighted by atomic mass is 10.1. The van der Waals surface area contributed by atoms with Gasteiger partial charge in [-0.3, -0.25) is 14.4 Å². The van der Waals surface area contributed by atoms with Crippen molar-refractivity contribution in [1.82, 2.24) is 5.32 Å². The summed E-state index contributed by atoms with van der Waals surface area (Å²) in [7, 11) is 0. The van der Waals surface area contributed by atoms with Gasteiger partial charge in [-0.2, -0.15) is 0 Å². The van der Waals surface area contributed by atoms with E-state index in [1.54, 1.807) is 20.8 Å². The molecule has 0 aliphatic heterocycles. The van der Waals surface area contributed by atoms with Crippen LogP contribution in [0.1, 0.15) is 47.5 Å². The molecule has 0 saturated heterocycles. The Hall–Kier alpha value is -1.04. The number of amides is 1. The number of esters is 1. The molecule has 0 rings (SSSR count). The molecule has 0 radical (unpaired) electrons. The summed E-state index contributed by atoms with van der Waals surface area (Å²) < 4.78 is 5.28. The van der Waals surface area contributed by atoms with Crippen molar-refractivity contribution in [3.63, 3.8) is 0 Å². The normalized spacial score (nSPS) is 12.7. The molecule has 0 heterocycles. The molecule has 1 N–H and O–H groups in total. The lowest BCUT2D eigenvalue weighted by Gasteiger charge is -2.23. The lowest BCUT2D eigenvalue weighted by molar-refractivity contribution is -0.161. The van der Waals surface area contributed by atoms with E-state index in [2.05, 4.69) is 5.32 Å². The molecule has 1 atom stereocenters. The molecule has 6 heteroatoms. The number of rotatable bonds is 7. The summed E-state index contributed by atoms with van der Waals surface area (Å²) >= 11 is 1.07. The number of carbonyl (C=O) groups is 3. The van der Waals surface area contributed by atoms with Crippen molar-refractivity contribution in [3.05, 3.63) is 0 Å². The van der Waals surface area contributed by atoms with Crippen LogP contribution < -0.4 is 5.32 Å².